The van der Waals surface area contributed by atoms with Crippen molar-refractivity contribution in [3.63, 3.8) is 0 Å². The van der Waals surface area contributed by atoms with Crippen LogP contribution in [0.15, 0.2) is 11.6 Å². The van der Waals surface area contributed by atoms with Crippen LogP contribution < -0.4 is 10.6 Å². The van der Waals surface area contributed by atoms with Gasteiger partial charge in [-0.2, -0.15) is 0 Å². The fourth-order valence-electron chi connectivity index (χ4n) is 0.522. The minimum atomic E-state index is -0.956. The molecule has 5 nitrogen and oxygen atoms in total. The summed E-state index contributed by atoms with van der Waals surface area (Å²) >= 11 is 5.38. The maximum atomic E-state index is 10.8. The van der Waals surface area contributed by atoms with Gasteiger partial charge < -0.3 is 15.7 Å². The zero-order valence-electron chi connectivity index (χ0n) is 6.97. The fourth-order valence-corrected chi connectivity index (χ4v) is 0.588. The highest BCUT2D eigenvalue weighted by molar-refractivity contribution is 6.29. The first-order chi connectivity index (χ1) is 6.02. The van der Waals surface area contributed by atoms with Crippen molar-refractivity contribution in [3.05, 3.63) is 11.6 Å². The van der Waals surface area contributed by atoms with Gasteiger partial charge in [-0.25, -0.2) is 4.79 Å². The predicted octanol–water partition coefficient (Wildman–Crippen LogP) is 0.513. The number of halogens is 1. The topological polar surface area (TPSA) is 78.4 Å². The normalized spacial score (nSPS) is 9.00. The Balaban J connectivity index is 3.41. The Morgan fingerprint density at radius 3 is 2.46 bits per heavy atom. The van der Waals surface area contributed by atoms with Gasteiger partial charge in [-0.05, 0) is 0 Å². The SMILES string of the molecule is C=C(Cl)CNC(=O)NCCC(=O)O. The Kier molecular flexibility index (Phi) is 5.71. The Hall–Kier alpha value is -1.23. The largest absolute Gasteiger partial charge is 0.481 e. The van der Waals surface area contributed by atoms with Crippen LogP contribution in [0, 0.1) is 0 Å². The molecule has 0 atom stereocenters. The first-order valence-electron chi connectivity index (χ1n) is 3.59. The molecular formula is C7H11ClN2O3. The molecule has 3 N–H and O–H groups in total. The number of carbonyl (C=O) groups is 2. The van der Waals surface area contributed by atoms with Crippen LogP contribution in [0.1, 0.15) is 6.42 Å². The molecule has 0 bridgehead atoms. The predicted molar refractivity (Wildman–Crippen MR) is 48.6 cm³/mol. The Labute approximate surface area is 80.8 Å². The maximum absolute atomic E-state index is 10.8. The summed E-state index contributed by atoms with van der Waals surface area (Å²) in [5, 5.41) is 13.3. The molecule has 0 aromatic carbocycles. The second-order valence-electron chi connectivity index (χ2n) is 2.27. The second kappa shape index (κ2) is 6.30. The molecule has 2 amide bonds. The minimum Gasteiger partial charge on any atom is -0.481 e. The Morgan fingerprint density at radius 2 is 2.00 bits per heavy atom. The summed E-state index contributed by atoms with van der Waals surface area (Å²) in [6, 6.07) is -0.456. The lowest BCUT2D eigenvalue weighted by Gasteiger charge is -2.04. The molecule has 74 valence electrons. The van der Waals surface area contributed by atoms with Gasteiger partial charge in [0.25, 0.3) is 0 Å². The summed E-state index contributed by atoms with van der Waals surface area (Å²) in [5.41, 5.74) is 0. The van der Waals surface area contributed by atoms with Crippen LogP contribution in [-0.4, -0.2) is 30.2 Å². The van der Waals surface area contributed by atoms with Crippen LogP contribution in [0.5, 0.6) is 0 Å². The summed E-state index contributed by atoms with van der Waals surface area (Å²) in [4.78, 5) is 20.9. The molecule has 0 radical (unpaired) electrons. The molecule has 0 rings (SSSR count). The molecule has 0 aliphatic carbocycles. The number of amides is 2. The van der Waals surface area contributed by atoms with Crippen LogP contribution in [0.2, 0.25) is 0 Å². The highest BCUT2D eigenvalue weighted by Crippen LogP contribution is 1.91. The van der Waals surface area contributed by atoms with Gasteiger partial charge >= 0.3 is 12.0 Å². The molecular weight excluding hydrogens is 196 g/mol. The number of hydrogen-bond donors (Lipinski definition) is 3. The van der Waals surface area contributed by atoms with Crippen LogP contribution >= 0.6 is 11.6 Å². The van der Waals surface area contributed by atoms with Crippen molar-refractivity contribution in [2.45, 2.75) is 6.42 Å². The number of carboxylic acid groups (broad SMARTS) is 1. The molecule has 0 aliphatic rings. The van der Waals surface area contributed by atoms with E-state index in [4.69, 9.17) is 16.7 Å². The van der Waals surface area contributed by atoms with Crippen LogP contribution in [-0.2, 0) is 4.79 Å². The van der Waals surface area contributed by atoms with E-state index in [0.717, 1.165) is 0 Å². The van der Waals surface area contributed by atoms with E-state index in [1.807, 2.05) is 0 Å². The molecule has 6 heteroatoms. The minimum absolute atomic E-state index is 0.0932. The lowest BCUT2D eigenvalue weighted by atomic mass is 10.4. The smallest absolute Gasteiger partial charge is 0.315 e. The van der Waals surface area contributed by atoms with Crippen LogP contribution in [0.3, 0.4) is 0 Å². The first-order valence-corrected chi connectivity index (χ1v) is 3.97. The van der Waals surface area contributed by atoms with E-state index >= 15 is 0 Å². The standard InChI is InChI=1S/C7H11ClN2O3/c1-5(8)4-10-7(13)9-3-2-6(11)12/h1-4H2,(H,11,12)(H2,9,10,13). The first kappa shape index (κ1) is 11.8. The third kappa shape index (κ3) is 8.68. The number of carboxylic acids is 1. The number of carbonyl (C=O) groups excluding carboxylic acids is 1. The van der Waals surface area contributed by atoms with Crippen molar-refractivity contribution in [3.8, 4) is 0 Å². The van der Waals surface area contributed by atoms with E-state index in [1.54, 1.807) is 0 Å². The lowest BCUT2D eigenvalue weighted by Crippen LogP contribution is -2.37. The summed E-state index contributed by atoms with van der Waals surface area (Å²) in [7, 11) is 0. The number of aliphatic carboxylic acids is 1. The van der Waals surface area contributed by atoms with E-state index in [1.165, 1.54) is 0 Å². The average molecular weight is 207 g/mol. The quantitative estimate of drug-likeness (QED) is 0.614. The third-order valence-electron chi connectivity index (χ3n) is 1.07. The number of urea groups is 1. The van der Waals surface area contributed by atoms with E-state index in [0.29, 0.717) is 5.03 Å². The van der Waals surface area contributed by atoms with Crippen molar-refractivity contribution in [2.75, 3.05) is 13.1 Å². The van der Waals surface area contributed by atoms with Gasteiger partial charge in [0.2, 0.25) is 0 Å². The highest BCUT2D eigenvalue weighted by atomic mass is 35.5. The van der Waals surface area contributed by atoms with Gasteiger partial charge in [-0.3, -0.25) is 4.79 Å². The molecule has 0 fully saturated rings. The molecule has 0 aliphatic heterocycles. The number of rotatable bonds is 5. The van der Waals surface area contributed by atoms with Gasteiger partial charge in [0.1, 0.15) is 0 Å². The molecule has 0 heterocycles. The molecule has 0 aromatic rings. The van der Waals surface area contributed by atoms with Gasteiger partial charge in [0.05, 0.1) is 13.0 Å². The summed E-state index contributed by atoms with van der Waals surface area (Å²) in [6.07, 6.45) is -0.102. The van der Waals surface area contributed by atoms with E-state index < -0.39 is 12.0 Å². The van der Waals surface area contributed by atoms with Crippen LogP contribution in [0.25, 0.3) is 0 Å². The van der Waals surface area contributed by atoms with Crippen molar-refractivity contribution in [1.82, 2.24) is 10.6 Å². The Morgan fingerprint density at radius 1 is 1.38 bits per heavy atom. The van der Waals surface area contributed by atoms with Crippen molar-refractivity contribution in [2.24, 2.45) is 0 Å². The van der Waals surface area contributed by atoms with Crippen molar-refractivity contribution >= 4 is 23.6 Å². The van der Waals surface area contributed by atoms with Gasteiger partial charge in [0.15, 0.2) is 0 Å². The van der Waals surface area contributed by atoms with E-state index in [2.05, 4.69) is 17.2 Å². The van der Waals surface area contributed by atoms with Crippen molar-refractivity contribution in [1.29, 1.82) is 0 Å². The molecule has 13 heavy (non-hydrogen) atoms. The Bertz CT molecular complexity index is 218. The molecule has 0 saturated heterocycles. The zero-order chi connectivity index (χ0) is 10.3. The number of hydrogen-bond acceptors (Lipinski definition) is 2. The lowest BCUT2D eigenvalue weighted by molar-refractivity contribution is -0.136. The highest BCUT2D eigenvalue weighted by Gasteiger charge is 2.00. The molecule has 0 spiro atoms. The van der Waals surface area contributed by atoms with Crippen LogP contribution in [0.4, 0.5) is 4.79 Å². The maximum Gasteiger partial charge on any atom is 0.315 e. The molecule has 0 unspecified atom stereocenters. The van der Waals surface area contributed by atoms with Gasteiger partial charge in [-0.15, -0.1) is 0 Å². The van der Waals surface area contributed by atoms with Crippen molar-refractivity contribution < 1.29 is 14.7 Å². The summed E-state index contributed by atoms with van der Waals surface area (Å²) in [5.74, 6) is -0.956. The second-order valence-corrected chi connectivity index (χ2v) is 2.80. The third-order valence-corrected chi connectivity index (χ3v) is 1.20. The summed E-state index contributed by atoms with van der Waals surface area (Å²) < 4.78 is 0. The summed E-state index contributed by atoms with van der Waals surface area (Å²) in [6.45, 7) is 3.62. The average Bonchev–Trinajstić information content (AvgIpc) is 2.00. The molecule has 0 aromatic heterocycles. The fraction of sp³-hybridized carbons (Fsp3) is 0.429. The zero-order valence-corrected chi connectivity index (χ0v) is 7.73. The van der Waals surface area contributed by atoms with E-state index in [9.17, 15) is 9.59 Å². The van der Waals surface area contributed by atoms with E-state index in [-0.39, 0.29) is 19.5 Å². The monoisotopic (exact) mass is 206 g/mol. The van der Waals surface area contributed by atoms with Gasteiger partial charge in [0, 0.05) is 11.6 Å². The molecule has 0 saturated carbocycles. The van der Waals surface area contributed by atoms with Gasteiger partial charge in [-0.1, -0.05) is 18.2 Å². The number of nitrogens with one attached hydrogen (secondary N) is 2.